The average molecular weight is 403 g/mol. The first-order valence-electron chi connectivity index (χ1n) is 7.35. The van der Waals surface area contributed by atoms with Gasteiger partial charge < -0.3 is 10.3 Å². The quantitative estimate of drug-likeness (QED) is 0.642. The van der Waals surface area contributed by atoms with E-state index >= 15 is 0 Å². The molecule has 0 spiro atoms. The van der Waals surface area contributed by atoms with Crippen LogP contribution < -0.4 is 5.73 Å². The van der Waals surface area contributed by atoms with Gasteiger partial charge in [0.15, 0.2) is 0 Å². The van der Waals surface area contributed by atoms with Crippen molar-refractivity contribution >= 4 is 47.3 Å². The molecule has 2 aromatic heterocycles. The first kappa shape index (κ1) is 21.5. The van der Waals surface area contributed by atoms with E-state index in [2.05, 4.69) is 4.98 Å². The lowest BCUT2D eigenvalue weighted by molar-refractivity contribution is 0.555. The van der Waals surface area contributed by atoms with Crippen molar-refractivity contribution in [2.45, 2.75) is 13.5 Å². The van der Waals surface area contributed by atoms with Crippen molar-refractivity contribution < 1.29 is 4.39 Å². The van der Waals surface area contributed by atoms with Gasteiger partial charge in [0, 0.05) is 46.1 Å². The van der Waals surface area contributed by atoms with Gasteiger partial charge in [-0.3, -0.25) is 4.98 Å². The van der Waals surface area contributed by atoms with Crippen molar-refractivity contribution in [2.24, 2.45) is 5.73 Å². The van der Waals surface area contributed by atoms with E-state index in [-0.39, 0.29) is 43.7 Å². The molecule has 3 nitrogen and oxygen atoms in total. The van der Waals surface area contributed by atoms with Crippen LogP contribution >= 0.6 is 36.4 Å². The summed E-state index contributed by atoms with van der Waals surface area (Å²) in [5.74, 6) is -0.247. The molecule has 3 rings (SSSR count). The molecule has 2 heterocycles. The van der Waals surface area contributed by atoms with Gasteiger partial charge >= 0.3 is 0 Å². The molecule has 0 atom stereocenters. The zero-order valence-electron chi connectivity index (χ0n) is 13.6. The predicted octanol–water partition coefficient (Wildman–Crippen LogP) is 5.32. The number of hydrogen-bond donors (Lipinski definition) is 1. The van der Waals surface area contributed by atoms with Crippen LogP contribution in [0.4, 0.5) is 4.39 Å². The summed E-state index contributed by atoms with van der Waals surface area (Å²) in [6.07, 6.45) is 4.89. The maximum Gasteiger partial charge on any atom is 0.117 e. The van der Waals surface area contributed by atoms with Gasteiger partial charge in [0.2, 0.25) is 0 Å². The van der Waals surface area contributed by atoms with Gasteiger partial charge in [-0.05, 0) is 48.9 Å². The summed E-state index contributed by atoms with van der Waals surface area (Å²) >= 11 is 6.17. The van der Waals surface area contributed by atoms with E-state index in [0.29, 0.717) is 5.02 Å². The van der Waals surface area contributed by atoms with Crippen LogP contribution in [0.2, 0.25) is 5.02 Å². The fourth-order valence-corrected chi connectivity index (χ4v) is 3.06. The molecule has 0 saturated heterocycles. The fraction of sp³-hybridized carbons (Fsp3) is 0.167. The third-order valence-corrected chi connectivity index (χ3v) is 4.14. The molecule has 0 amide bonds. The standard InChI is InChI=1S/C18H17ClFN3.2ClH/c1-12-18(13-5-8-22-9-6-13)16-10-14(19)2-3-17(16)23(12)11-15(20)4-7-21;;/h2-6,8-10H,7,11,21H2,1H3;2*1H/b15-4-;;. The molecular formula is C18H19Cl3FN3. The molecule has 0 aliphatic carbocycles. The van der Waals surface area contributed by atoms with Crippen molar-refractivity contribution in [1.82, 2.24) is 9.55 Å². The average Bonchev–Trinajstić information content (AvgIpc) is 2.80. The minimum absolute atomic E-state index is 0. The van der Waals surface area contributed by atoms with E-state index in [1.165, 1.54) is 6.08 Å². The molecule has 0 aliphatic rings. The van der Waals surface area contributed by atoms with Gasteiger partial charge in [-0.2, -0.15) is 0 Å². The Hall–Kier alpha value is -1.59. The number of pyridine rings is 1. The highest BCUT2D eigenvalue weighted by molar-refractivity contribution is 6.31. The molecule has 7 heteroatoms. The third-order valence-electron chi connectivity index (χ3n) is 3.90. The Bertz CT molecular complexity index is 876. The Morgan fingerprint density at radius 3 is 2.56 bits per heavy atom. The lowest BCUT2D eigenvalue weighted by Crippen LogP contribution is -2.03. The highest BCUT2D eigenvalue weighted by Gasteiger charge is 2.16. The summed E-state index contributed by atoms with van der Waals surface area (Å²) in [7, 11) is 0. The largest absolute Gasteiger partial charge is 0.337 e. The van der Waals surface area contributed by atoms with Crippen molar-refractivity contribution in [3.05, 3.63) is 65.3 Å². The summed E-state index contributed by atoms with van der Waals surface area (Å²) in [4.78, 5) is 4.06. The zero-order chi connectivity index (χ0) is 16.4. The maximum absolute atomic E-state index is 14.0. The minimum Gasteiger partial charge on any atom is -0.337 e. The summed E-state index contributed by atoms with van der Waals surface area (Å²) in [6, 6.07) is 9.55. The van der Waals surface area contributed by atoms with E-state index in [9.17, 15) is 4.39 Å². The first-order chi connectivity index (χ1) is 11.1. The molecule has 0 aliphatic heterocycles. The molecule has 2 N–H and O–H groups in total. The number of aromatic nitrogens is 2. The molecule has 25 heavy (non-hydrogen) atoms. The summed E-state index contributed by atoms with van der Waals surface area (Å²) in [6.45, 7) is 2.33. The summed E-state index contributed by atoms with van der Waals surface area (Å²) in [5.41, 5.74) is 9.40. The monoisotopic (exact) mass is 401 g/mol. The van der Waals surface area contributed by atoms with Gasteiger partial charge in [0.05, 0.1) is 6.54 Å². The summed E-state index contributed by atoms with van der Waals surface area (Å²) < 4.78 is 16.0. The number of fused-ring (bicyclic) bond motifs is 1. The van der Waals surface area contributed by atoms with Crippen LogP contribution in [0.1, 0.15) is 5.69 Å². The van der Waals surface area contributed by atoms with Crippen molar-refractivity contribution in [1.29, 1.82) is 0 Å². The smallest absolute Gasteiger partial charge is 0.117 e. The van der Waals surface area contributed by atoms with Crippen LogP contribution in [0.15, 0.2) is 54.6 Å². The number of halogens is 4. The molecule has 0 radical (unpaired) electrons. The Kier molecular flexibility index (Phi) is 7.90. The third kappa shape index (κ3) is 4.33. The molecule has 0 fully saturated rings. The predicted molar refractivity (Wildman–Crippen MR) is 108 cm³/mol. The fourth-order valence-electron chi connectivity index (χ4n) is 2.88. The van der Waals surface area contributed by atoms with Crippen LogP contribution in [0.5, 0.6) is 0 Å². The minimum atomic E-state index is -0.247. The topological polar surface area (TPSA) is 43.8 Å². The lowest BCUT2D eigenvalue weighted by Gasteiger charge is -2.07. The van der Waals surface area contributed by atoms with Gasteiger partial charge in [0.25, 0.3) is 0 Å². The number of benzene rings is 1. The number of allylic oxidation sites excluding steroid dienone is 1. The molecule has 1 aromatic carbocycles. The van der Waals surface area contributed by atoms with Crippen molar-refractivity contribution in [3.8, 4) is 11.1 Å². The highest BCUT2D eigenvalue weighted by Crippen LogP contribution is 2.36. The second kappa shape index (κ2) is 9.20. The van der Waals surface area contributed by atoms with Gasteiger partial charge in [-0.1, -0.05) is 11.6 Å². The molecule has 0 unspecified atom stereocenters. The first-order valence-corrected chi connectivity index (χ1v) is 7.73. The SMILES string of the molecule is Cc1c(-c2ccncc2)c2cc(Cl)ccc2n1C/C(F)=C/CN.Cl.Cl. The Morgan fingerprint density at radius 1 is 1.24 bits per heavy atom. The normalized spacial score (nSPS) is 11.1. The Morgan fingerprint density at radius 2 is 1.92 bits per heavy atom. The van der Waals surface area contributed by atoms with E-state index in [0.717, 1.165) is 27.7 Å². The van der Waals surface area contributed by atoms with Crippen molar-refractivity contribution in [2.75, 3.05) is 6.54 Å². The highest BCUT2D eigenvalue weighted by atomic mass is 35.5. The van der Waals surface area contributed by atoms with Gasteiger partial charge in [0.1, 0.15) is 5.83 Å². The number of hydrogen-bond acceptors (Lipinski definition) is 2. The van der Waals surface area contributed by atoms with E-state index < -0.39 is 0 Å². The van der Waals surface area contributed by atoms with E-state index in [4.69, 9.17) is 17.3 Å². The molecular weight excluding hydrogens is 384 g/mol. The second-order valence-electron chi connectivity index (χ2n) is 5.33. The second-order valence-corrected chi connectivity index (χ2v) is 5.77. The summed E-state index contributed by atoms with van der Waals surface area (Å²) in [5, 5.41) is 1.66. The van der Waals surface area contributed by atoms with Crippen LogP contribution in [0.25, 0.3) is 22.0 Å². The molecule has 0 saturated carbocycles. The van der Waals surface area contributed by atoms with E-state index in [1.807, 2.05) is 41.8 Å². The Balaban J connectivity index is 0.00000156. The van der Waals surface area contributed by atoms with Crippen LogP contribution in [0, 0.1) is 6.92 Å². The Labute approximate surface area is 163 Å². The van der Waals surface area contributed by atoms with Gasteiger partial charge in [-0.15, -0.1) is 24.8 Å². The molecule has 134 valence electrons. The lowest BCUT2D eigenvalue weighted by atomic mass is 10.0. The number of nitrogens with zero attached hydrogens (tertiary/aromatic N) is 2. The van der Waals surface area contributed by atoms with Crippen molar-refractivity contribution in [3.63, 3.8) is 0 Å². The van der Waals surface area contributed by atoms with Crippen LogP contribution in [-0.2, 0) is 6.54 Å². The van der Waals surface area contributed by atoms with Crippen LogP contribution in [-0.4, -0.2) is 16.1 Å². The number of rotatable bonds is 4. The van der Waals surface area contributed by atoms with Gasteiger partial charge in [-0.25, -0.2) is 4.39 Å². The van der Waals surface area contributed by atoms with Crippen LogP contribution in [0.3, 0.4) is 0 Å². The number of nitrogens with two attached hydrogens (primary N) is 1. The molecule has 0 bridgehead atoms. The molecule has 3 aromatic rings. The maximum atomic E-state index is 14.0. The van der Waals surface area contributed by atoms with E-state index in [1.54, 1.807) is 12.4 Å². The zero-order valence-corrected chi connectivity index (χ0v) is 16.0.